The van der Waals surface area contributed by atoms with E-state index in [4.69, 9.17) is 0 Å². The number of rotatable bonds is 4. The van der Waals surface area contributed by atoms with Crippen LogP contribution < -0.4 is 16.6 Å². The van der Waals surface area contributed by atoms with Crippen LogP contribution in [0.1, 0.15) is 22.3 Å². The molecule has 0 atom stereocenters. The van der Waals surface area contributed by atoms with E-state index in [0.717, 1.165) is 32.5 Å². The first kappa shape index (κ1) is 20.8. The van der Waals surface area contributed by atoms with Crippen LogP contribution in [-0.4, -0.2) is 15.0 Å². The first-order valence-corrected chi connectivity index (χ1v) is 10.8. The Morgan fingerprint density at radius 1 is 0.968 bits per heavy atom. The molecule has 0 fully saturated rings. The SMILES string of the molecule is Cc1cc(C)cc(-n2c(=O)c3sccc3n(CC(=O)Nc3c(C)cccc3C)c2=O)c1. The highest BCUT2D eigenvalue weighted by Gasteiger charge is 2.18. The van der Waals surface area contributed by atoms with Gasteiger partial charge in [0.1, 0.15) is 11.2 Å². The number of nitrogens with zero attached hydrogens (tertiary/aromatic N) is 2. The molecule has 2 aromatic carbocycles. The number of aryl methyl sites for hydroxylation is 4. The Morgan fingerprint density at radius 2 is 1.61 bits per heavy atom. The Labute approximate surface area is 183 Å². The molecule has 0 bridgehead atoms. The van der Waals surface area contributed by atoms with Crippen molar-refractivity contribution in [2.75, 3.05) is 5.32 Å². The van der Waals surface area contributed by atoms with Crippen molar-refractivity contribution in [3.8, 4) is 5.69 Å². The summed E-state index contributed by atoms with van der Waals surface area (Å²) in [6.07, 6.45) is 0. The highest BCUT2D eigenvalue weighted by Crippen LogP contribution is 2.20. The zero-order valence-electron chi connectivity index (χ0n) is 17.9. The van der Waals surface area contributed by atoms with Crippen molar-refractivity contribution in [3.63, 3.8) is 0 Å². The van der Waals surface area contributed by atoms with Gasteiger partial charge >= 0.3 is 5.69 Å². The molecular formula is C24H23N3O3S. The van der Waals surface area contributed by atoms with Gasteiger partial charge in [0.25, 0.3) is 5.56 Å². The number of fused-ring (bicyclic) bond motifs is 1. The number of carbonyl (C=O) groups excluding carboxylic acids is 1. The standard InChI is InChI=1S/C24H23N3O3S/c1-14-10-15(2)12-18(11-14)27-23(29)22-19(8-9-31-22)26(24(27)30)13-20(28)25-21-16(3)6-5-7-17(21)4/h5-12H,13H2,1-4H3,(H,25,28). The number of aromatic nitrogens is 2. The molecule has 1 N–H and O–H groups in total. The lowest BCUT2D eigenvalue weighted by Gasteiger charge is -2.15. The number of carbonyl (C=O) groups is 1. The van der Waals surface area contributed by atoms with Gasteiger partial charge in [0, 0.05) is 5.69 Å². The summed E-state index contributed by atoms with van der Waals surface area (Å²) in [7, 11) is 0. The highest BCUT2D eigenvalue weighted by molar-refractivity contribution is 7.17. The van der Waals surface area contributed by atoms with E-state index in [1.165, 1.54) is 15.9 Å². The van der Waals surface area contributed by atoms with Gasteiger partial charge in [0.2, 0.25) is 5.91 Å². The van der Waals surface area contributed by atoms with Crippen LogP contribution in [0.15, 0.2) is 57.4 Å². The predicted molar refractivity (Wildman–Crippen MR) is 126 cm³/mol. The van der Waals surface area contributed by atoms with Crippen LogP contribution >= 0.6 is 11.3 Å². The number of amides is 1. The topological polar surface area (TPSA) is 73.1 Å². The number of hydrogen-bond acceptors (Lipinski definition) is 4. The van der Waals surface area contributed by atoms with Crippen molar-refractivity contribution in [1.29, 1.82) is 0 Å². The van der Waals surface area contributed by atoms with Gasteiger partial charge in [0.05, 0.1) is 11.2 Å². The predicted octanol–water partition coefficient (Wildman–Crippen LogP) is 4.09. The van der Waals surface area contributed by atoms with Crippen molar-refractivity contribution in [1.82, 2.24) is 9.13 Å². The normalized spacial score (nSPS) is 11.1. The molecule has 158 valence electrons. The second-order valence-electron chi connectivity index (χ2n) is 7.81. The smallest absolute Gasteiger partial charge is 0.324 e. The number of para-hydroxylation sites is 1. The molecule has 2 heterocycles. The van der Waals surface area contributed by atoms with Gasteiger partial charge in [-0.15, -0.1) is 11.3 Å². The van der Waals surface area contributed by atoms with E-state index >= 15 is 0 Å². The van der Waals surface area contributed by atoms with E-state index in [1.54, 1.807) is 23.6 Å². The molecule has 0 radical (unpaired) electrons. The van der Waals surface area contributed by atoms with Crippen LogP contribution in [0.3, 0.4) is 0 Å². The Kier molecular flexibility index (Phi) is 5.37. The summed E-state index contributed by atoms with van der Waals surface area (Å²) in [5.74, 6) is -0.322. The van der Waals surface area contributed by atoms with Crippen molar-refractivity contribution < 1.29 is 4.79 Å². The first-order chi connectivity index (χ1) is 14.8. The summed E-state index contributed by atoms with van der Waals surface area (Å²) >= 11 is 1.27. The van der Waals surface area contributed by atoms with E-state index in [2.05, 4.69) is 5.32 Å². The van der Waals surface area contributed by atoms with Gasteiger partial charge in [-0.25, -0.2) is 9.36 Å². The Balaban J connectivity index is 1.83. The van der Waals surface area contributed by atoms with Gasteiger partial charge in [-0.05, 0) is 73.5 Å². The average molecular weight is 434 g/mol. The number of hydrogen-bond donors (Lipinski definition) is 1. The third kappa shape index (κ3) is 3.84. The fourth-order valence-electron chi connectivity index (χ4n) is 3.88. The Bertz CT molecular complexity index is 1400. The fourth-order valence-corrected chi connectivity index (χ4v) is 4.71. The monoisotopic (exact) mass is 433 g/mol. The maximum absolute atomic E-state index is 13.4. The second-order valence-corrected chi connectivity index (χ2v) is 8.72. The molecule has 4 aromatic rings. The molecule has 0 aliphatic rings. The summed E-state index contributed by atoms with van der Waals surface area (Å²) in [5.41, 5.74) is 4.61. The minimum Gasteiger partial charge on any atom is -0.324 e. The molecular weight excluding hydrogens is 410 g/mol. The number of anilines is 1. The molecule has 0 unspecified atom stereocenters. The third-order valence-corrected chi connectivity index (χ3v) is 6.16. The van der Waals surface area contributed by atoms with Crippen molar-refractivity contribution in [2.45, 2.75) is 34.2 Å². The lowest BCUT2D eigenvalue weighted by molar-refractivity contribution is -0.116. The zero-order valence-corrected chi connectivity index (χ0v) is 18.7. The highest BCUT2D eigenvalue weighted by atomic mass is 32.1. The van der Waals surface area contributed by atoms with Crippen LogP contribution in [0.5, 0.6) is 0 Å². The van der Waals surface area contributed by atoms with Gasteiger partial charge in [-0.2, -0.15) is 0 Å². The average Bonchev–Trinajstić information content (AvgIpc) is 3.18. The molecule has 6 nitrogen and oxygen atoms in total. The van der Waals surface area contributed by atoms with Gasteiger partial charge < -0.3 is 5.32 Å². The molecule has 31 heavy (non-hydrogen) atoms. The van der Waals surface area contributed by atoms with E-state index < -0.39 is 5.69 Å². The van der Waals surface area contributed by atoms with Crippen LogP contribution in [0.2, 0.25) is 0 Å². The molecule has 1 amide bonds. The maximum Gasteiger partial charge on any atom is 0.336 e. The van der Waals surface area contributed by atoms with E-state index in [-0.39, 0.29) is 18.0 Å². The second kappa shape index (κ2) is 8.00. The Morgan fingerprint density at radius 3 is 2.26 bits per heavy atom. The van der Waals surface area contributed by atoms with Crippen LogP contribution in [0.4, 0.5) is 5.69 Å². The van der Waals surface area contributed by atoms with Crippen LogP contribution in [0.25, 0.3) is 15.9 Å². The summed E-state index contributed by atoms with van der Waals surface area (Å²) in [6, 6.07) is 13.1. The molecule has 0 saturated heterocycles. The van der Waals surface area contributed by atoms with Crippen molar-refractivity contribution in [2.24, 2.45) is 0 Å². The van der Waals surface area contributed by atoms with Crippen molar-refractivity contribution in [3.05, 3.63) is 90.9 Å². The zero-order chi connectivity index (χ0) is 22.3. The quantitative estimate of drug-likeness (QED) is 0.527. The fraction of sp³-hybridized carbons (Fsp3) is 0.208. The minimum absolute atomic E-state index is 0.190. The van der Waals surface area contributed by atoms with Crippen LogP contribution in [-0.2, 0) is 11.3 Å². The molecule has 2 aromatic heterocycles. The lowest BCUT2D eigenvalue weighted by atomic mass is 10.1. The van der Waals surface area contributed by atoms with Gasteiger partial charge in [-0.1, -0.05) is 24.3 Å². The number of benzene rings is 2. The van der Waals surface area contributed by atoms with E-state index in [0.29, 0.717) is 15.9 Å². The first-order valence-electron chi connectivity index (χ1n) is 9.94. The van der Waals surface area contributed by atoms with E-state index in [9.17, 15) is 14.4 Å². The molecule has 4 rings (SSSR count). The van der Waals surface area contributed by atoms with Crippen molar-refractivity contribution >= 4 is 33.1 Å². The largest absolute Gasteiger partial charge is 0.336 e. The van der Waals surface area contributed by atoms with Gasteiger partial charge in [-0.3, -0.25) is 14.2 Å². The number of thiophene rings is 1. The molecule has 0 saturated carbocycles. The summed E-state index contributed by atoms with van der Waals surface area (Å²) in [6.45, 7) is 7.49. The summed E-state index contributed by atoms with van der Waals surface area (Å²) < 4.78 is 2.97. The minimum atomic E-state index is -0.530. The van der Waals surface area contributed by atoms with Crippen LogP contribution in [0, 0.1) is 27.7 Å². The summed E-state index contributed by atoms with van der Waals surface area (Å²) in [5, 5.41) is 4.68. The number of nitrogens with one attached hydrogen (secondary N) is 1. The Hall–Kier alpha value is -3.45. The molecule has 0 spiro atoms. The molecule has 0 aliphatic heterocycles. The van der Waals surface area contributed by atoms with Gasteiger partial charge in [0.15, 0.2) is 0 Å². The maximum atomic E-state index is 13.4. The lowest BCUT2D eigenvalue weighted by Crippen LogP contribution is -2.40. The third-order valence-electron chi connectivity index (χ3n) is 5.27. The van der Waals surface area contributed by atoms with E-state index in [1.807, 2.05) is 52.0 Å². The summed E-state index contributed by atoms with van der Waals surface area (Å²) in [4.78, 5) is 39.4. The molecule has 0 aliphatic carbocycles. The molecule has 7 heteroatoms.